The standard InChI is InChI=1S/C13H26O4/c1-5-13(16-6-7-17-13)10(2)8-12(4,15)9-11(3)14/h10-11,14-15H,5-9H2,1-4H3/t10-,11+,12+/m0/s1. The largest absolute Gasteiger partial charge is 0.393 e. The Morgan fingerprint density at radius 2 is 1.76 bits per heavy atom. The van der Waals surface area contributed by atoms with Gasteiger partial charge >= 0.3 is 0 Å². The lowest BCUT2D eigenvalue weighted by Gasteiger charge is -2.37. The second kappa shape index (κ2) is 5.65. The lowest BCUT2D eigenvalue weighted by molar-refractivity contribution is -0.204. The zero-order valence-corrected chi connectivity index (χ0v) is 11.4. The second-order valence-electron chi connectivity index (χ2n) is 5.52. The van der Waals surface area contributed by atoms with E-state index in [0.717, 1.165) is 6.42 Å². The summed E-state index contributed by atoms with van der Waals surface area (Å²) in [6.07, 6.45) is 1.21. The van der Waals surface area contributed by atoms with Crippen LogP contribution in [-0.4, -0.2) is 40.9 Å². The smallest absolute Gasteiger partial charge is 0.170 e. The summed E-state index contributed by atoms with van der Waals surface area (Å²) < 4.78 is 11.4. The zero-order valence-electron chi connectivity index (χ0n) is 11.4. The normalized spacial score (nSPS) is 26.5. The van der Waals surface area contributed by atoms with Crippen molar-refractivity contribution in [2.75, 3.05) is 13.2 Å². The van der Waals surface area contributed by atoms with E-state index in [4.69, 9.17) is 9.47 Å². The summed E-state index contributed by atoms with van der Waals surface area (Å²) in [5.74, 6) is -0.452. The van der Waals surface area contributed by atoms with Crippen LogP contribution in [0.25, 0.3) is 0 Å². The summed E-state index contributed by atoms with van der Waals surface area (Å²) >= 11 is 0. The maximum absolute atomic E-state index is 10.3. The van der Waals surface area contributed by atoms with E-state index in [9.17, 15) is 10.2 Å². The van der Waals surface area contributed by atoms with Crippen molar-refractivity contribution in [2.24, 2.45) is 5.92 Å². The lowest BCUT2D eigenvalue weighted by atomic mass is 9.83. The maximum atomic E-state index is 10.3. The Hall–Kier alpha value is -0.160. The van der Waals surface area contributed by atoms with Crippen molar-refractivity contribution < 1.29 is 19.7 Å². The summed E-state index contributed by atoms with van der Waals surface area (Å²) in [5.41, 5.74) is -0.884. The molecular weight excluding hydrogens is 220 g/mol. The fraction of sp³-hybridized carbons (Fsp3) is 1.00. The minimum absolute atomic E-state index is 0.101. The van der Waals surface area contributed by atoms with Crippen molar-refractivity contribution in [1.29, 1.82) is 0 Å². The Morgan fingerprint density at radius 3 is 2.18 bits per heavy atom. The molecule has 17 heavy (non-hydrogen) atoms. The van der Waals surface area contributed by atoms with Crippen molar-refractivity contribution in [3.05, 3.63) is 0 Å². The molecule has 1 aliphatic rings. The van der Waals surface area contributed by atoms with Crippen LogP contribution >= 0.6 is 0 Å². The number of aliphatic hydroxyl groups is 2. The molecule has 1 saturated heterocycles. The number of rotatable bonds is 6. The van der Waals surface area contributed by atoms with Gasteiger partial charge in [0.05, 0.1) is 24.9 Å². The fourth-order valence-corrected chi connectivity index (χ4v) is 2.84. The van der Waals surface area contributed by atoms with Crippen molar-refractivity contribution >= 4 is 0 Å². The molecule has 1 heterocycles. The van der Waals surface area contributed by atoms with Gasteiger partial charge in [-0.1, -0.05) is 13.8 Å². The Morgan fingerprint density at radius 1 is 1.24 bits per heavy atom. The molecule has 4 heteroatoms. The van der Waals surface area contributed by atoms with Gasteiger partial charge < -0.3 is 19.7 Å². The third-order valence-corrected chi connectivity index (χ3v) is 3.50. The maximum Gasteiger partial charge on any atom is 0.170 e. The van der Waals surface area contributed by atoms with Gasteiger partial charge in [-0.15, -0.1) is 0 Å². The molecule has 0 aliphatic carbocycles. The molecule has 0 unspecified atom stereocenters. The Kier molecular flexibility index (Phi) is 4.95. The molecule has 0 aromatic carbocycles. The van der Waals surface area contributed by atoms with Gasteiger partial charge in [-0.2, -0.15) is 0 Å². The summed E-state index contributed by atoms with van der Waals surface area (Å²) in [6.45, 7) is 8.76. The van der Waals surface area contributed by atoms with E-state index in [1.807, 2.05) is 13.8 Å². The van der Waals surface area contributed by atoms with Gasteiger partial charge in [0, 0.05) is 12.3 Å². The average molecular weight is 246 g/mol. The van der Waals surface area contributed by atoms with Crippen LogP contribution in [0.3, 0.4) is 0 Å². The predicted octanol–water partition coefficient (Wildman–Crippen LogP) is 1.69. The van der Waals surface area contributed by atoms with E-state index in [2.05, 4.69) is 0 Å². The molecule has 0 aromatic rings. The first-order chi connectivity index (χ1) is 7.81. The highest BCUT2D eigenvalue weighted by Crippen LogP contribution is 2.37. The van der Waals surface area contributed by atoms with Crippen LogP contribution in [0.1, 0.15) is 47.0 Å². The first kappa shape index (κ1) is 14.9. The molecule has 2 N–H and O–H groups in total. The van der Waals surface area contributed by atoms with Crippen LogP contribution in [0.15, 0.2) is 0 Å². The second-order valence-corrected chi connectivity index (χ2v) is 5.52. The molecule has 1 rings (SSSR count). The third-order valence-electron chi connectivity index (χ3n) is 3.50. The molecule has 1 fully saturated rings. The van der Waals surface area contributed by atoms with E-state index in [1.165, 1.54) is 0 Å². The van der Waals surface area contributed by atoms with Gasteiger partial charge in [-0.25, -0.2) is 0 Å². The van der Waals surface area contributed by atoms with Crippen molar-refractivity contribution in [3.8, 4) is 0 Å². The minimum atomic E-state index is -0.884. The average Bonchev–Trinajstić information content (AvgIpc) is 2.63. The highest BCUT2D eigenvalue weighted by atomic mass is 16.7. The molecule has 0 bridgehead atoms. The number of hydrogen-bond acceptors (Lipinski definition) is 4. The van der Waals surface area contributed by atoms with Gasteiger partial charge in [0.25, 0.3) is 0 Å². The van der Waals surface area contributed by atoms with Crippen LogP contribution < -0.4 is 0 Å². The Balaban J connectivity index is 2.60. The molecule has 3 atom stereocenters. The summed E-state index contributed by atoms with van der Waals surface area (Å²) in [7, 11) is 0. The van der Waals surface area contributed by atoms with Gasteiger partial charge in [-0.05, 0) is 26.7 Å². The quantitative estimate of drug-likeness (QED) is 0.748. The summed E-state index contributed by atoms with van der Waals surface area (Å²) in [6, 6.07) is 0. The molecule has 0 amide bonds. The van der Waals surface area contributed by atoms with Gasteiger partial charge in [0.2, 0.25) is 0 Å². The molecular formula is C13H26O4. The van der Waals surface area contributed by atoms with Crippen LogP contribution in [0.2, 0.25) is 0 Å². The highest BCUT2D eigenvalue weighted by molar-refractivity contribution is 4.86. The fourth-order valence-electron chi connectivity index (χ4n) is 2.84. The summed E-state index contributed by atoms with van der Waals surface area (Å²) in [4.78, 5) is 0. The van der Waals surface area contributed by atoms with E-state index >= 15 is 0 Å². The third kappa shape index (κ3) is 3.91. The topological polar surface area (TPSA) is 58.9 Å². The monoisotopic (exact) mass is 246 g/mol. The van der Waals surface area contributed by atoms with Gasteiger partial charge in [0.1, 0.15) is 0 Å². The van der Waals surface area contributed by atoms with Gasteiger partial charge in [-0.3, -0.25) is 0 Å². The number of aliphatic hydroxyl groups excluding tert-OH is 1. The Labute approximate surface area is 104 Å². The minimum Gasteiger partial charge on any atom is -0.393 e. The predicted molar refractivity (Wildman–Crippen MR) is 65.6 cm³/mol. The van der Waals surface area contributed by atoms with E-state index in [0.29, 0.717) is 26.1 Å². The summed E-state index contributed by atoms with van der Waals surface area (Å²) in [5, 5.41) is 19.6. The molecule has 0 spiro atoms. The molecule has 0 aromatic heterocycles. The molecule has 102 valence electrons. The van der Waals surface area contributed by atoms with E-state index in [-0.39, 0.29) is 5.92 Å². The van der Waals surface area contributed by atoms with Crippen LogP contribution in [0.4, 0.5) is 0 Å². The van der Waals surface area contributed by atoms with E-state index < -0.39 is 17.5 Å². The molecule has 0 saturated carbocycles. The Bertz CT molecular complexity index is 232. The van der Waals surface area contributed by atoms with Gasteiger partial charge in [0.15, 0.2) is 5.79 Å². The highest BCUT2D eigenvalue weighted by Gasteiger charge is 2.43. The van der Waals surface area contributed by atoms with Crippen molar-refractivity contribution in [2.45, 2.75) is 64.4 Å². The number of ether oxygens (including phenoxy) is 2. The SMILES string of the molecule is CCC1([C@@H](C)C[C@@](C)(O)C[C@@H](C)O)OCCO1. The van der Waals surface area contributed by atoms with Crippen molar-refractivity contribution in [1.82, 2.24) is 0 Å². The van der Waals surface area contributed by atoms with E-state index in [1.54, 1.807) is 13.8 Å². The van der Waals surface area contributed by atoms with Crippen LogP contribution in [0.5, 0.6) is 0 Å². The van der Waals surface area contributed by atoms with Crippen LogP contribution in [-0.2, 0) is 9.47 Å². The first-order valence-electron chi connectivity index (χ1n) is 6.50. The van der Waals surface area contributed by atoms with Crippen LogP contribution in [0, 0.1) is 5.92 Å². The van der Waals surface area contributed by atoms with Crippen molar-refractivity contribution in [3.63, 3.8) is 0 Å². The number of hydrogen-bond donors (Lipinski definition) is 2. The molecule has 0 radical (unpaired) electrons. The lowest BCUT2D eigenvalue weighted by Crippen LogP contribution is -2.42. The zero-order chi connectivity index (χ0) is 13.1. The molecule has 1 aliphatic heterocycles. The first-order valence-corrected chi connectivity index (χ1v) is 6.50. The molecule has 4 nitrogen and oxygen atoms in total.